The zero-order chi connectivity index (χ0) is 20.2. The maximum atomic E-state index is 12.6. The van der Waals surface area contributed by atoms with Crippen LogP contribution in [0.15, 0.2) is 54.6 Å². The molecule has 2 saturated heterocycles. The molecule has 2 amide bonds. The maximum absolute atomic E-state index is 12.6. The van der Waals surface area contributed by atoms with E-state index in [2.05, 4.69) is 17.6 Å². The first-order chi connectivity index (χ1) is 14.1. The number of carbonyl (C=O) groups excluding carboxylic acids is 2. The molecule has 2 aromatic carbocycles. The number of carbonyl (C=O) groups is 2. The third kappa shape index (κ3) is 5.32. The van der Waals surface area contributed by atoms with Crippen LogP contribution in [0.1, 0.15) is 26.2 Å². The molecule has 7 heteroatoms. The highest BCUT2D eigenvalue weighted by Gasteiger charge is 2.33. The molecule has 2 aliphatic rings. The third-order valence-corrected chi connectivity index (χ3v) is 5.59. The van der Waals surface area contributed by atoms with Crippen molar-refractivity contribution in [2.45, 2.75) is 38.3 Å². The van der Waals surface area contributed by atoms with Crippen molar-refractivity contribution in [3.8, 4) is 11.5 Å². The summed E-state index contributed by atoms with van der Waals surface area (Å²) in [6.45, 7) is 3.47. The fourth-order valence-corrected chi connectivity index (χ4v) is 4.06. The zero-order valence-electron chi connectivity index (χ0n) is 17.0. The Morgan fingerprint density at radius 1 is 1.10 bits per heavy atom. The van der Waals surface area contributed by atoms with Crippen molar-refractivity contribution in [2.75, 3.05) is 18.0 Å². The summed E-state index contributed by atoms with van der Waals surface area (Å²) in [6.07, 6.45) is 2.04. The lowest BCUT2D eigenvalue weighted by Crippen LogP contribution is -2.46. The fourth-order valence-electron chi connectivity index (χ4n) is 4.06. The molecule has 0 aromatic heterocycles. The van der Waals surface area contributed by atoms with E-state index in [0.717, 1.165) is 36.6 Å². The van der Waals surface area contributed by atoms with Gasteiger partial charge in [0.15, 0.2) is 0 Å². The molecule has 2 heterocycles. The largest absolute Gasteiger partial charge is 0.457 e. The molecule has 0 aliphatic carbocycles. The lowest BCUT2D eigenvalue weighted by Gasteiger charge is -2.28. The minimum Gasteiger partial charge on any atom is -0.457 e. The number of hydrogen-bond acceptors (Lipinski definition) is 4. The van der Waals surface area contributed by atoms with Crippen LogP contribution in [-0.4, -0.2) is 37.0 Å². The van der Waals surface area contributed by atoms with E-state index < -0.39 is 0 Å². The summed E-state index contributed by atoms with van der Waals surface area (Å²) in [6, 6.07) is 17.3. The summed E-state index contributed by atoms with van der Waals surface area (Å²) in [5.41, 5.74) is 0.822. The van der Waals surface area contributed by atoms with E-state index in [0.29, 0.717) is 19.0 Å². The molecule has 30 heavy (non-hydrogen) atoms. The molecule has 6 nitrogen and oxygen atoms in total. The van der Waals surface area contributed by atoms with Crippen molar-refractivity contribution in [1.29, 1.82) is 0 Å². The highest BCUT2D eigenvalue weighted by molar-refractivity contribution is 5.97. The van der Waals surface area contributed by atoms with Crippen LogP contribution in [0.5, 0.6) is 11.5 Å². The summed E-state index contributed by atoms with van der Waals surface area (Å²) >= 11 is 0. The third-order valence-electron chi connectivity index (χ3n) is 5.59. The molecular weight excluding hydrogens is 402 g/mol. The van der Waals surface area contributed by atoms with Gasteiger partial charge in [0.05, 0.1) is 6.04 Å². The molecule has 3 atom stereocenters. The number of hydrogen-bond donors (Lipinski definition) is 2. The number of nitrogens with one attached hydrogen (secondary N) is 2. The van der Waals surface area contributed by atoms with E-state index in [4.69, 9.17) is 4.74 Å². The van der Waals surface area contributed by atoms with Crippen LogP contribution >= 0.6 is 12.4 Å². The van der Waals surface area contributed by atoms with Gasteiger partial charge in [0.2, 0.25) is 11.8 Å². The molecule has 4 rings (SSSR count). The standard InChI is InChI=1S/C23H27N3O3.ClH/c1-16-13-17(11-12-24-16)23(28)25-18-14-22(27)26(15-18)19-7-9-21(10-8-19)29-20-5-3-2-4-6-20;/h2-10,16-18,24H,11-15H2,1H3,(H,25,28);1H/t16-,17-,18?;/m0./s1. The molecule has 160 valence electrons. The summed E-state index contributed by atoms with van der Waals surface area (Å²) < 4.78 is 5.81. The fraction of sp³-hybridized carbons (Fsp3) is 0.391. The van der Waals surface area contributed by atoms with Gasteiger partial charge in [-0.25, -0.2) is 0 Å². The molecule has 2 fully saturated rings. The van der Waals surface area contributed by atoms with Crippen LogP contribution < -0.4 is 20.3 Å². The molecule has 2 aliphatic heterocycles. The lowest BCUT2D eigenvalue weighted by atomic mass is 9.92. The van der Waals surface area contributed by atoms with Gasteiger partial charge in [0, 0.05) is 30.6 Å². The van der Waals surface area contributed by atoms with Crippen LogP contribution in [-0.2, 0) is 9.59 Å². The summed E-state index contributed by atoms with van der Waals surface area (Å²) in [7, 11) is 0. The molecule has 0 radical (unpaired) electrons. The Balaban J connectivity index is 0.00000256. The second-order valence-electron chi connectivity index (χ2n) is 7.90. The number of rotatable bonds is 5. The number of halogens is 1. The smallest absolute Gasteiger partial charge is 0.229 e. The van der Waals surface area contributed by atoms with E-state index >= 15 is 0 Å². The van der Waals surface area contributed by atoms with Gasteiger partial charge < -0.3 is 20.3 Å². The number of para-hydroxylation sites is 1. The molecule has 0 bridgehead atoms. The van der Waals surface area contributed by atoms with Crippen LogP contribution in [0, 0.1) is 5.92 Å². The maximum Gasteiger partial charge on any atom is 0.229 e. The van der Waals surface area contributed by atoms with Crippen LogP contribution in [0.4, 0.5) is 5.69 Å². The van der Waals surface area contributed by atoms with E-state index in [1.54, 1.807) is 4.90 Å². The first-order valence-corrected chi connectivity index (χ1v) is 10.3. The van der Waals surface area contributed by atoms with E-state index in [-0.39, 0.29) is 36.2 Å². The zero-order valence-corrected chi connectivity index (χ0v) is 17.9. The topological polar surface area (TPSA) is 70.7 Å². The van der Waals surface area contributed by atoms with Crippen molar-refractivity contribution in [1.82, 2.24) is 10.6 Å². The van der Waals surface area contributed by atoms with Crippen molar-refractivity contribution < 1.29 is 14.3 Å². The van der Waals surface area contributed by atoms with E-state index in [1.165, 1.54) is 0 Å². The van der Waals surface area contributed by atoms with Gasteiger partial charge in [-0.2, -0.15) is 0 Å². The van der Waals surface area contributed by atoms with Gasteiger partial charge in [-0.05, 0) is 62.7 Å². The average Bonchev–Trinajstić information content (AvgIpc) is 3.09. The predicted octanol–water partition coefficient (Wildman–Crippen LogP) is 3.51. The second-order valence-corrected chi connectivity index (χ2v) is 7.90. The first kappa shape index (κ1) is 22.1. The minimum absolute atomic E-state index is 0. The van der Waals surface area contributed by atoms with Gasteiger partial charge in [0.1, 0.15) is 11.5 Å². The lowest BCUT2D eigenvalue weighted by molar-refractivity contribution is -0.126. The van der Waals surface area contributed by atoms with Crippen LogP contribution in [0.3, 0.4) is 0 Å². The van der Waals surface area contributed by atoms with E-state index in [9.17, 15) is 9.59 Å². The molecule has 2 N–H and O–H groups in total. The minimum atomic E-state index is -0.138. The summed E-state index contributed by atoms with van der Waals surface area (Å²) in [5.74, 6) is 1.63. The Bertz CT molecular complexity index is 860. The van der Waals surface area contributed by atoms with Crippen LogP contribution in [0.2, 0.25) is 0 Å². The summed E-state index contributed by atoms with van der Waals surface area (Å²) in [4.78, 5) is 26.8. The van der Waals surface area contributed by atoms with Crippen molar-refractivity contribution in [3.63, 3.8) is 0 Å². The highest BCUT2D eigenvalue weighted by Crippen LogP contribution is 2.27. The normalized spacial score (nSPS) is 23.6. The SMILES string of the molecule is C[C@H]1C[C@@H](C(=O)NC2CC(=O)N(c3ccc(Oc4ccccc4)cc3)C2)CCN1.Cl. The Morgan fingerprint density at radius 2 is 1.80 bits per heavy atom. The number of anilines is 1. The van der Waals surface area contributed by atoms with Gasteiger partial charge >= 0.3 is 0 Å². The molecule has 2 aromatic rings. The Labute approximate surface area is 183 Å². The van der Waals surface area contributed by atoms with Crippen molar-refractivity contribution >= 4 is 29.9 Å². The monoisotopic (exact) mass is 429 g/mol. The van der Waals surface area contributed by atoms with Gasteiger partial charge in [-0.1, -0.05) is 18.2 Å². The molecule has 0 saturated carbocycles. The number of benzene rings is 2. The number of piperidine rings is 1. The van der Waals surface area contributed by atoms with Gasteiger partial charge in [0.25, 0.3) is 0 Å². The predicted molar refractivity (Wildman–Crippen MR) is 119 cm³/mol. The number of amides is 2. The quantitative estimate of drug-likeness (QED) is 0.763. The van der Waals surface area contributed by atoms with Gasteiger partial charge in [-0.3, -0.25) is 9.59 Å². The molecular formula is C23H28ClN3O3. The molecule has 0 spiro atoms. The van der Waals surface area contributed by atoms with E-state index in [1.807, 2.05) is 54.6 Å². The number of ether oxygens (including phenoxy) is 1. The number of nitrogens with zero attached hydrogens (tertiary/aromatic N) is 1. The second kappa shape index (κ2) is 9.96. The van der Waals surface area contributed by atoms with Gasteiger partial charge in [-0.15, -0.1) is 12.4 Å². The summed E-state index contributed by atoms with van der Waals surface area (Å²) in [5, 5.41) is 6.45. The highest BCUT2D eigenvalue weighted by atomic mass is 35.5. The Kier molecular flexibility index (Phi) is 7.34. The van der Waals surface area contributed by atoms with Crippen LogP contribution in [0.25, 0.3) is 0 Å². The Morgan fingerprint density at radius 3 is 2.50 bits per heavy atom. The molecule has 1 unspecified atom stereocenters. The average molecular weight is 430 g/mol. The Hall–Kier alpha value is -2.57. The first-order valence-electron chi connectivity index (χ1n) is 10.3. The van der Waals surface area contributed by atoms with Crippen molar-refractivity contribution in [3.05, 3.63) is 54.6 Å². The van der Waals surface area contributed by atoms with Crippen molar-refractivity contribution in [2.24, 2.45) is 5.92 Å².